The molecule has 3 N–H and O–H groups in total. The van der Waals surface area contributed by atoms with E-state index in [-0.39, 0.29) is 12.2 Å². The number of urea groups is 1. The lowest BCUT2D eigenvalue weighted by Gasteiger charge is -2.15. The molecule has 1 aromatic heterocycles. The van der Waals surface area contributed by atoms with E-state index in [1.165, 1.54) is 11.6 Å². The van der Waals surface area contributed by atoms with Crippen molar-refractivity contribution in [3.8, 4) is 0 Å². The molecule has 2 aromatic rings. The monoisotopic (exact) mass is 364 g/mol. The quantitative estimate of drug-likeness (QED) is 0.514. The Morgan fingerprint density at radius 3 is 2.76 bits per heavy atom. The van der Waals surface area contributed by atoms with Crippen molar-refractivity contribution in [3.05, 3.63) is 34.6 Å². The van der Waals surface area contributed by atoms with E-state index in [2.05, 4.69) is 15.6 Å². The van der Waals surface area contributed by atoms with E-state index in [0.717, 1.165) is 11.8 Å². The number of nitrogens with one attached hydrogen (secondary N) is 2. The number of carbonyl (C=O) groups is 2. The maximum absolute atomic E-state index is 12.7. The number of thioether (sulfide) groups is 1. The SMILES string of the molecule is CNC(=O)NC(=O)[C@@H](C)Sc1nc2ccccc2c(=O)n1CCCO. The molecule has 2 rings (SSSR count). The van der Waals surface area contributed by atoms with Gasteiger partial charge in [0.15, 0.2) is 5.16 Å². The lowest BCUT2D eigenvalue weighted by atomic mass is 10.2. The first-order chi connectivity index (χ1) is 12.0. The number of aliphatic hydroxyl groups is 1. The van der Waals surface area contributed by atoms with Gasteiger partial charge in [0.25, 0.3) is 5.56 Å². The average Bonchev–Trinajstić information content (AvgIpc) is 2.61. The number of para-hydroxylation sites is 1. The van der Waals surface area contributed by atoms with Gasteiger partial charge in [0.1, 0.15) is 0 Å². The van der Waals surface area contributed by atoms with Crippen LogP contribution in [0.25, 0.3) is 10.9 Å². The average molecular weight is 364 g/mol. The van der Waals surface area contributed by atoms with Crippen LogP contribution in [-0.4, -0.2) is 45.5 Å². The summed E-state index contributed by atoms with van der Waals surface area (Å²) in [4.78, 5) is 40.5. The molecule has 0 aliphatic carbocycles. The fraction of sp³-hybridized carbons (Fsp3) is 0.375. The third kappa shape index (κ3) is 4.58. The smallest absolute Gasteiger partial charge is 0.321 e. The number of hydrogen-bond acceptors (Lipinski definition) is 6. The zero-order valence-corrected chi connectivity index (χ0v) is 14.8. The van der Waals surface area contributed by atoms with Gasteiger partial charge in [-0.05, 0) is 25.5 Å². The second-order valence-corrected chi connectivity index (χ2v) is 6.58. The van der Waals surface area contributed by atoms with Crippen LogP contribution in [0.2, 0.25) is 0 Å². The first-order valence-electron chi connectivity index (χ1n) is 7.77. The lowest BCUT2D eigenvalue weighted by molar-refractivity contribution is -0.119. The van der Waals surface area contributed by atoms with Gasteiger partial charge in [-0.25, -0.2) is 9.78 Å². The third-order valence-corrected chi connectivity index (χ3v) is 4.57. The Kier molecular flexibility index (Phi) is 6.54. The normalized spacial score (nSPS) is 12.0. The van der Waals surface area contributed by atoms with Crippen molar-refractivity contribution in [2.45, 2.75) is 30.3 Å². The van der Waals surface area contributed by atoms with Gasteiger partial charge in [-0.2, -0.15) is 0 Å². The number of aliphatic hydroxyl groups excluding tert-OH is 1. The maximum Gasteiger partial charge on any atom is 0.321 e. The second kappa shape index (κ2) is 8.63. The topological polar surface area (TPSA) is 113 Å². The number of benzene rings is 1. The minimum atomic E-state index is -0.634. The summed E-state index contributed by atoms with van der Waals surface area (Å²) in [6.07, 6.45) is 0.395. The molecule has 3 amide bonds. The van der Waals surface area contributed by atoms with Crippen molar-refractivity contribution in [3.63, 3.8) is 0 Å². The van der Waals surface area contributed by atoms with E-state index in [0.29, 0.717) is 29.0 Å². The number of carbonyl (C=O) groups excluding carboxylic acids is 2. The van der Waals surface area contributed by atoms with Crippen LogP contribution >= 0.6 is 11.8 Å². The molecule has 1 heterocycles. The summed E-state index contributed by atoms with van der Waals surface area (Å²) in [6, 6.07) is 6.36. The highest BCUT2D eigenvalue weighted by Gasteiger charge is 2.20. The summed E-state index contributed by atoms with van der Waals surface area (Å²) in [5.74, 6) is -0.486. The Morgan fingerprint density at radius 1 is 1.36 bits per heavy atom. The number of hydrogen-bond donors (Lipinski definition) is 3. The summed E-state index contributed by atoms with van der Waals surface area (Å²) in [6.45, 7) is 1.86. The van der Waals surface area contributed by atoms with E-state index >= 15 is 0 Å². The van der Waals surface area contributed by atoms with Crippen molar-refractivity contribution < 1.29 is 14.7 Å². The van der Waals surface area contributed by atoms with E-state index in [1.807, 2.05) is 0 Å². The highest BCUT2D eigenvalue weighted by Crippen LogP contribution is 2.22. The van der Waals surface area contributed by atoms with E-state index in [9.17, 15) is 14.4 Å². The van der Waals surface area contributed by atoms with Crippen molar-refractivity contribution in [1.29, 1.82) is 0 Å². The minimum absolute atomic E-state index is 0.0594. The van der Waals surface area contributed by atoms with Crippen LogP contribution in [-0.2, 0) is 11.3 Å². The minimum Gasteiger partial charge on any atom is -0.396 e. The Hall–Kier alpha value is -2.39. The fourth-order valence-electron chi connectivity index (χ4n) is 2.15. The van der Waals surface area contributed by atoms with Crippen LogP contribution in [0.15, 0.2) is 34.2 Å². The maximum atomic E-state index is 12.7. The summed E-state index contributed by atoms with van der Waals surface area (Å²) in [7, 11) is 1.41. The highest BCUT2D eigenvalue weighted by atomic mass is 32.2. The van der Waals surface area contributed by atoms with Crippen LogP contribution in [0.3, 0.4) is 0 Å². The largest absolute Gasteiger partial charge is 0.396 e. The summed E-state index contributed by atoms with van der Waals surface area (Å²) in [5, 5.41) is 13.8. The van der Waals surface area contributed by atoms with E-state index < -0.39 is 17.2 Å². The van der Waals surface area contributed by atoms with Crippen LogP contribution in [0, 0.1) is 0 Å². The second-order valence-electron chi connectivity index (χ2n) is 5.27. The molecule has 0 aliphatic rings. The van der Waals surface area contributed by atoms with Gasteiger partial charge in [-0.1, -0.05) is 23.9 Å². The van der Waals surface area contributed by atoms with Gasteiger partial charge in [-0.3, -0.25) is 19.5 Å². The molecule has 134 valence electrons. The van der Waals surface area contributed by atoms with Crippen molar-refractivity contribution in [1.82, 2.24) is 20.2 Å². The molecule has 8 nitrogen and oxygen atoms in total. The molecule has 0 unspecified atom stereocenters. The number of rotatable bonds is 6. The number of aromatic nitrogens is 2. The predicted molar refractivity (Wildman–Crippen MR) is 95.6 cm³/mol. The number of fused-ring (bicyclic) bond motifs is 1. The van der Waals surface area contributed by atoms with Crippen LogP contribution < -0.4 is 16.2 Å². The van der Waals surface area contributed by atoms with Crippen LogP contribution in [0.1, 0.15) is 13.3 Å². The summed E-state index contributed by atoms with van der Waals surface area (Å²) in [5.41, 5.74) is 0.314. The Labute approximate surface area is 148 Å². The zero-order chi connectivity index (χ0) is 18.4. The Bertz CT molecular complexity index is 836. The Balaban J connectivity index is 2.36. The number of imide groups is 1. The van der Waals surface area contributed by atoms with Gasteiger partial charge in [0.05, 0.1) is 16.2 Å². The molecular weight excluding hydrogens is 344 g/mol. The Morgan fingerprint density at radius 2 is 2.08 bits per heavy atom. The van der Waals surface area contributed by atoms with Crippen molar-refractivity contribution in [2.75, 3.05) is 13.7 Å². The van der Waals surface area contributed by atoms with E-state index in [1.54, 1.807) is 31.2 Å². The molecule has 0 radical (unpaired) electrons. The molecule has 0 fully saturated rings. The molecule has 25 heavy (non-hydrogen) atoms. The first kappa shape index (κ1) is 18.9. The van der Waals surface area contributed by atoms with Crippen molar-refractivity contribution in [2.24, 2.45) is 0 Å². The fourth-order valence-corrected chi connectivity index (χ4v) is 3.09. The van der Waals surface area contributed by atoms with Crippen LogP contribution in [0.5, 0.6) is 0 Å². The summed E-state index contributed by atoms with van der Waals surface area (Å²) < 4.78 is 1.45. The molecule has 0 aliphatic heterocycles. The molecule has 1 aromatic carbocycles. The van der Waals surface area contributed by atoms with Gasteiger partial charge >= 0.3 is 6.03 Å². The zero-order valence-electron chi connectivity index (χ0n) is 14.0. The van der Waals surface area contributed by atoms with Gasteiger partial charge in [0.2, 0.25) is 5.91 Å². The standard InChI is InChI=1S/C16H20N4O4S/c1-10(13(22)19-15(24)17-2)25-16-18-12-7-4-3-6-11(12)14(23)20(16)8-5-9-21/h3-4,6-7,10,21H,5,8-9H2,1-2H3,(H2,17,19,22,24)/t10-/m1/s1. The lowest BCUT2D eigenvalue weighted by Crippen LogP contribution is -2.41. The van der Waals surface area contributed by atoms with Gasteiger partial charge in [0, 0.05) is 20.2 Å². The molecule has 0 bridgehead atoms. The molecule has 0 saturated heterocycles. The summed E-state index contributed by atoms with van der Waals surface area (Å²) >= 11 is 1.09. The molecular formula is C16H20N4O4S. The third-order valence-electron chi connectivity index (χ3n) is 3.48. The van der Waals surface area contributed by atoms with Crippen molar-refractivity contribution >= 4 is 34.6 Å². The van der Waals surface area contributed by atoms with Crippen LogP contribution in [0.4, 0.5) is 4.79 Å². The highest BCUT2D eigenvalue weighted by molar-refractivity contribution is 8.00. The first-order valence-corrected chi connectivity index (χ1v) is 8.65. The van der Waals surface area contributed by atoms with Gasteiger partial charge < -0.3 is 10.4 Å². The molecule has 0 spiro atoms. The van der Waals surface area contributed by atoms with E-state index in [4.69, 9.17) is 5.11 Å². The number of nitrogens with zero attached hydrogens (tertiary/aromatic N) is 2. The number of amides is 3. The molecule has 1 atom stereocenters. The predicted octanol–water partition coefficient (Wildman–Crippen LogP) is 0.715. The van der Waals surface area contributed by atoms with Gasteiger partial charge in [-0.15, -0.1) is 0 Å². The molecule has 0 saturated carbocycles. The molecule has 9 heteroatoms.